The van der Waals surface area contributed by atoms with E-state index < -0.39 is 11.5 Å². The van der Waals surface area contributed by atoms with Crippen LogP contribution in [0.2, 0.25) is 0 Å². The molecule has 1 aliphatic heterocycles. The molecule has 2 heterocycles. The summed E-state index contributed by atoms with van der Waals surface area (Å²) in [6.45, 7) is 1.83. The molecule has 1 aromatic rings. The number of rotatable bonds is 3. The molecule has 2 rings (SSSR count). The normalized spacial score (nSPS) is 27.0. The van der Waals surface area contributed by atoms with Gasteiger partial charge in [0, 0.05) is 24.7 Å². The zero-order chi connectivity index (χ0) is 10.9. The van der Waals surface area contributed by atoms with E-state index in [9.17, 15) is 4.79 Å². The molecule has 0 amide bonds. The molecule has 1 atom stereocenters. The minimum absolute atomic E-state index is 0.405. The minimum Gasteiger partial charge on any atom is -0.480 e. The van der Waals surface area contributed by atoms with Crippen molar-refractivity contribution in [3.8, 4) is 0 Å². The summed E-state index contributed by atoms with van der Waals surface area (Å²) in [4.78, 5) is 17.1. The summed E-state index contributed by atoms with van der Waals surface area (Å²) < 4.78 is 0. The molecule has 1 aromatic heterocycles. The number of hydrogen-bond acceptors (Lipinski definition) is 5. The Morgan fingerprint density at radius 2 is 2.60 bits per heavy atom. The third kappa shape index (κ3) is 2.17. The average Bonchev–Trinajstić information content (AvgIpc) is 2.77. The van der Waals surface area contributed by atoms with Crippen molar-refractivity contribution in [2.75, 3.05) is 13.1 Å². The van der Waals surface area contributed by atoms with Gasteiger partial charge in [0.25, 0.3) is 0 Å². The van der Waals surface area contributed by atoms with Crippen molar-refractivity contribution >= 4 is 17.3 Å². The summed E-state index contributed by atoms with van der Waals surface area (Å²) >= 11 is 1.58. The fourth-order valence-corrected chi connectivity index (χ4v) is 2.40. The van der Waals surface area contributed by atoms with Gasteiger partial charge in [-0.1, -0.05) is 0 Å². The molecule has 3 N–H and O–H groups in total. The first-order valence-electron chi connectivity index (χ1n) is 4.73. The predicted octanol–water partition coefficient (Wildman–Crippen LogP) is 0.131. The number of carboxylic acids is 1. The third-order valence-electron chi connectivity index (χ3n) is 2.65. The SMILES string of the molecule is NC1(C(=O)O)CCN(Cc2nccs2)C1. The third-order valence-corrected chi connectivity index (χ3v) is 3.41. The van der Waals surface area contributed by atoms with E-state index in [-0.39, 0.29) is 0 Å². The molecule has 1 saturated heterocycles. The highest BCUT2D eigenvalue weighted by molar-refractivity contribution is 7.09. The average molecular weight is 227 g/mol. The quantitative estimate of drug-likeness (QED) is 0.767. The van der Waals surface area contributed by atoms with Crippen LogP contribution in [0.4, 0.5) is 0 Å². The van der Waals surface area contributed by atoms with Gasteiger partial charge in [-0.05, 0) is 6.42 Å². The molecule has 0 bridgehead atoms. The van der Waals surface area contributed by atoms with Crippen molar-refractivity contribution in [2.45, 2.75) is 18.5 Å². The summed E-state index contributed by atoms with van der Waals surface area (Å²) in [6, 6.07) is 0. The van der Waals surface area contributed by atoms with Gasteiger partial charge < -0.3 is 10.8 Å². The molecule has 6 heteroatoms. The Kier molecular flexibility index (Phi) is 2.72. The number of nitrogens with zero attached hydrogens (tertiary/aromatic N) is 2. The maximum Gasteiger partial charge on any atom is 0.325 e. The van der Waals surface area contributed by atoms with E-state index in [2.05, 4.69) is 4.98 Å². The molecule has 0 saturated carbocycles. The molecule has 15 heavy (non-hydrogen) atoms. The topological polar surface area (TPSA) is 79.5 Å². The molecule has 0 spiro atoms. The molecule has 1 aliphatic rings. The van der Waals surface area contributed by atoms with Gasteiger partial charge in [-0.25, -0.2) is 4.98 Å². The fourth-order valence-electron chi connectivity index (χ4n) is 1.75. The van der Waals surface area contributed by atoms with Crippen molar-refractivity contribution in [1.29, 1.82) is 0 Å². The van der Waals surface area contributed by atoms with E-state index in [1.54, 1.807) is 17.5 Å². The van der Waals surface area contributed by atoms with E-state index in [4.69, 9.17) is 10.8 Å². The van der Waals surface area contributed by atoms with E-state index in [1.807, 2.05) is 10.3 Å². The molecule has 0 aliphatic carbocycles. The lowest BCUT2D eigenvalue weighted by Crippen LogP contribution is -2.50. The lowest BCUT2D eigenvalue weighted by atomic mass is 10.0. The molecular weight excluding hydrogens is 214 g/mol. The van der Waals surface area contributed by atoms with Crippen LogP contribution in [0.5, 0.6) is 0 Å². The molecule has 82 valence electrons. The lowest BCUT2D eigenvalue weighted by molar-refractivity contribution is -0.142. The fraction of sp³-hybridized carbons (Fsp3) is 0.556. The number of nitrogens with two attached hydrogens (primary N) is 1. The Balaban J connectivity index is 1.96. The Morgan fingerprint density at radius 1 is 1.80 bits per heavy atom. The Bertz CT molecular complexity index is 354. The maximum absolute atomic E-state index is 10.9. The van der Waals surface area contributed by atoms with Crippen LogP contribution >= 0.6 is 11.3 Å². The van der Waals surface area contributed by atoms with Crippen LogP contribution in [0.1, 0.15) is 11.4 Å². The number of carboxylic acid groups (broad SMARTS) is 1. The van der Waals surface area contributed by atoms with E-state index in [0.29, 0.717) is 19.5 Å². The number of carbonyl (C=O) groups is 1. The highest BCUT2D eigenvalue weighted by atomic mass is 32.1. The monoisotopic (exact) mass is 227 g/mol. The molecule has 1 fully saturated rings. The lowest BCUT2D eigenvalue weighted by Gasteiger charge is -2.19. The van der Waals surface area contributed by atoms with Gasteiger partial charge >= 0.3 is 5.97 Å². The van der Waals surface area contributed by atoms with Crippen molar-refractivity contribution in [3.63, 3.8) is 0 Å². The van der Waals surface area contributed by atoms with E-state index >= 15 is 0 Å². The van der Waals surface area contributed by atoms with Gasteiger partial charge in [0.2, 0.25) is 0 Å². The second-order valence-electron chi connectivity index (χ2n) is 3.85. The molecule has 5 nitrogen and oxygen atoms in total. The van der Waals surface area contributed by atoms with Gasteiger partial charge in [-0.3, -0.25) is 9.69 Å². The molecular formula is C9H13N3O2S. The van der Waals surface area contributed by atoms with Crippen molar-refractivity contribution in [1.82, 2.24) is 9.88 Å². The highest BCUT2D eigenvalue weighted by Gasteiger charge is 2.41. The largest absolute Gasteiger partial charge is 0.480 e. The smallest absolute Gasteiger partial charge is 0.325 e. The summed E-state index contributed by atoms with van der Waals surface area (Å²) in [7, 11) is 0. The maximum atomic E-state index is 10.9. The number of aliphatic carboxylic acids is 1. The van der Waals surface area contributed by atoms with Gasteiger partial charge in [-0.2, -0.15) is 0 Å². The molecule has 0 radical (unpaired) electrons. The van der Waals surface area contributed by atoms with Crippen LogP contribution in [0.15, 0.2) is 11.6 Å². The van der Waals surface area contributed by atoms with Crippen LogP contribution in [0, 0.1) is 0 Å². The first-order chi connectivity index (χ1) is 7.10. The van der Waals surface area contributed by atoms with Gasteiger partial charge in [-0.15, -0.1) is 11.3 Å². The van der Waals surface area contributed by atoms with Gasteiger partial charge in [0.1, 0.15) is 10.5 Å². The standard InChI is InChI=1S/C9H13N3O2S/c10-9(8(13)14)1-3-12(6-9)5-7-11-2-4-15-7/h2,4H,1,3,5-6,10H2,(H,13,14). The van der Waals surface area contributed by atoms with E-state index in [1.165, 1.54) is 0 Å². The minimum atomic E-state index is -1.07. The van der Waals surface area contributed by atoms with Crippen LogP contribution in [0.3, 0.4) is 0 Å². The number of hydrogen-bond donors (Lipinski definition) is 2. The number of aromatic nitrogens is 1. The Morgan fingerprint density at radius 3 is 3.13 bits per heavy atom. The summed E-state index contributed by atoms with van der Waals surface area (Å²) in [5, 5.41) is 11.9. The number of likely N-dealkylation sites (tertiary alicyclic amines) is 1. The molecule has 1 unspecified atom stereocenters. The van der Waals surface area contributed by atoms with Crippen molar-refractivity contribution in [3.05, 3.63) is 16.6 Å². The molecule has 0 aromatic carbocycles. The van der Waals surface area contributed by atoms with Crippen molar-refractivity contribution in [2.24, 2.45) is 5.73 Å². The summed E-state index contributed by atoms with van der Waals surface area (Å²) in [6.07, 6.45) is 2.26. The Labute approximate surface area is 91.5 Å². The highest BCUT2D eigenvalue weighted by Crippen LogP contribution is 2.21. The first-order valence-corrected chi connectivity index (χ1v) is 5.61. The first kappa shape index (κ1) is 10.5. The zero-order valence-electron chi connectivity index (χ0n) is 8.22. The van der Waals surface area contributed by atoms with Crippen LogP contribution in [-0.4, -0.2) is 39.6 Å². The second kappa shape index (κ2) is 3.88. The predicted molar refractivity (Wildman–Crippen MR) is 56.6 cm³/mol. The van der Waals surface area contributed by atoms with Gasteiger partial charge in [0.05, 0.1) is 6.54 Å². The van der Waals surface area contributed by atoms with Crippen LogP contribution < -0.4 is 5.73 Å². The van der Waals surface area contributed by atoms with Gasteiger partial charge in [0.15, 0.2) is 0 Å². The van der Waals surface area contributed by atoms with E-state index in [0.717, 1.165) is 11.6 Å². The second-order valence-corrected chi connectivity index (χ2v) is 4.83. The summed E-state index contributed by atoms with van der Waals surface area (Å²) in [5.74, 6) is -0.913. The van der Waals surface area contributed by atoms with Crippen molar-refractivity contribution < 1.29 is 9.90 Å². The Hall–Kier alpha value is -0.980. The zero-order valence-corrected chi connectivity index (χ0v) is 9.04. The number of thiazole rings is 1. The van der Waals surface area contributed by atoms with Crippen LogP contribution in [-0.2, 0) is 11.3 Å². The van der Waals surface area contributed by atoms with Crippen LogP contribution in [0.25, 0.3) is 0 Å². The summed E-state index contributed by atoms with van der Waals surface area (Å²) in [5.41, 5.74) is 4.69.